The lowest BCUT2D eigenvalue weighted by Crippen LogP contribution is -1.94. The summed E-state index contributed by atoms with van der Waals surface area (Å²) in [6.45, 7) is 10.2. The Hall–Kier alpha value is -0.260. The monoisotopic (exact) mass is 278 g/mol. The van der Waals surface area contributed by atoms with Crippen LogP contribution in [0.5, 0.6) is 0 Å². The van der Waals surface area contributed by atoms with Crippen molar-refractivity contribution in [2.45, 2.75) is 96.8 Å². The van der Waals surface area contributed by atoms with E-state index in [2.05, 4.69) is 32.9 Å². The Morgan fingerprint density at radius 1 is 0.650 bits per heavy atom. The predicted molar refractivity (Wildman–Crippen MR) is 93.7 cm³/mol. The van der Waals surface area contributed by atoms with Gasteiger partial charge in [-0.05, 0) is 31.6 Å². The van der Waals surface area contributed by atoms with E-state index in [1.807, 2.05) is 0 Å². The van der Waals surface area contributed by atoms with Crippen molar-refractivity contribution in [3.8, 4) is 0 Å². The summed E-state index contributed by atoms with van der Waals surface area (Å²) >= 11 is 0. The van der Waals surface area contributed by atoms with E-state index in [-0.39, 0.29) is 0 Å². The molecule has 20 heavy (non-hydrogen) atoms. The van der Waals surface area contributed by atoms with Gasteiger partial charge in [-0.3, -0.25) is 0 Å². The summed E-state index contributed by atoms with van der Waals surface area (Å²) in [6.07, 6.45) is 23.2. The first-order valence-corrected chi connectivity index (χ1v) is 9.04. The predicted octanol–water partition coefficient (Wildman–Crippen LogP) is 7.31. The molecule has 118 valence electrons. The molecule has 1 atom stereocenters. The van der Waals surface area contributed by atoms with E-state index in [0.29, 0.717) is 0 Å². The molecule has 0 saturated heterocycles. The Kier molecular flexibility index (Phi) is 16.6. The minimum Gasteiger partial charge on any atom is -0.0885 e. The molecule has 2 radical (unpaired) electrons. The average Bonchev–Trinajstić information content (AvgIpc) is 2.45. The first-order valence-electron chi connectivity index (χ1n) is 9.04. The van der Waals surface area contributed by atoms with Crippen molar-refractivity contribution >= 4 is 0 Å². The Morgan fingerprint density at radius 3 is 1.70 bits per heavy atom. The van der Waals surface area contributed by atoms with Crippen molar-refractivity contribution in [2.24, 2.45) is 5.92 Å². The minimum atomic E-state index is 0.915. The van der Waals surface area contributed by atoms with Crippen LogP contribution in [-0.2, 0) is 0 Å². The summed E-state index contributed by atoms with van der Waals surface area (Å²) < 4.78 is 0. The molecule has 0 amide bonds. The van der Waals surface area contributed by atoms with Gasteiger partial charge in [0.15, 0.2) is 0 Å². The normalized spacial score (nSPS) is 13.2. The van der Waals surface area contributed by atoms with E-state index < -0.39 is 0 Å². The molecule has 0 aromatic carbocycles. The standard InChI is InChI=1S/C20H38/c1-4-6-8-9-10-11-12-13-14-15-17-19-20(3)18-16-7-5-2/h12-13,20H,1-2,4-11,14-19H2,3H3. The van der Waals surface area contributed by atoms with E-state index in [9.17, 15) is 0 Å². The second-order valence-electron chi connectivity index (χ2n) is 6.27. The SMILES string of the molecule is [CH2]CCCCCCC=CCCCCC(C)CCCC[CH2]. The highest BCUT2D eigenvalue weighted by atomic mass is 14.1. The van der Waals surface area contributed by atoms with Gasteiger partial charge in [-0.15, -0.1) is 0 Å². The van der Waals surface area contributed by atoms with Crippen molar-refractivity contribution in [3.05, 3.63) is 26.0 Å². The van der Waals surface area contributed by atoms with E-state index in [1.165, 1.54) is 77.0 Å². The van der Waals surface area contributed by atoms with Crippen LogP contribution in [-0.4, -0.2) is 0 Å². The summed E-state index contributed by atoms with van der Waals surface area (Å²) in [4.78, 5) is 0. The molecule has 0 bridgehead atoms. The fraction of sp³-hybridized carbons (Fsp3) is 0.800. The molecule has 1 unspecified atom stereocenters. The number of hydrogen-bond acceptors (Lipinski definition) is 0. The Bertz CT molecular complexity index is 192. The van der Waals surface area contributed by atoms with Crippen LogP contribution in [0.2, 0.25) is 0 Å². The second kappa shape index (κ2) is 16.8. The third-order valence-corrected chi connectivity index (χ3v) is 4.05. The van der Waals surface area contributed by atoms with Crippen molar-refractivity contribution < 1.29 is 0 Å². The van der Waals surface area contributed by atoms with Crippen LogP contribution in [0, 0.1) is 19.8 Å². The van der Waals surface area contributed by atoms with Gasteiger partial charge in [-0.25, -0.2) is 0 Å². The van der Waals surface area contributed by atoms with Crippen molar-refractivity contribution in [1.29, 1.82) is 0 Å². The van der Waals surface area contributed by atoms with Gasteiger partial charge in [0.05, 0.1) is 0 Å². The van der Waals surface area contributed by atoms with Gasteiger partial charge in [0.2, 0.25) is 0 Å². The lowest BCUT2D eigenvalue weighted by atomic mass is 9.97. The van der Waals surface area contributed by atoms with Gasteiger partial charge in [0.25, 0.3) is 0 Å². The summed E-state index contributed by atoms with van der Waals surface area (Å²) in [7, 11) is 0. The maximum absolute atomic E-state index is 3.90. The van der Waals surface area contributed by atoms with Crippen LogP contribution in [0.1, 0.15) is 96.8 Å². The maximum atomic E-state index is 3.90. The zero-order valence-corrected chi connectivity index (χ0v) is 14.0. The fourth-order valence-corrected chi connectivity index (χ4v) is 2.60. The third kappa shape index (κ3) is 15.8. The smallest absolute Gasteiger partial charge is 0.0351 e. The highest BCUT2D eigenvalue weighted by Gasteiger charge is 2.00. The maximum Gasteiger partial charge on any atom is -0.0351 e. The first kappa shape index (κ1) is 19.7. The summed E-state index contributed by atoms with van der Waals surface area (Å²) in [5.41, 5.74) is 0. The molecule has 0 saturated carbocycles. The van der Waals surface area contributed by atoms with E-state index in [0.717, 1.165) is 18.8 Å². The topological polar surface area (TPSA) is 0 Å². The fourth-order valence-electron chi connectivity index (χ4n) is 2.60. The Labute approximate surface area is 129 Å². The van der Waals surface area contributed by atoms with Crippen LogP contribution >= 0.6 is 0 Å². The summed E-state index contributed by atoms with van der Waals surface area (Å²) in [5.74, 6) is 0.915. The van der Waals surface area contributed by atoms with Crippen molar-refractivity contribution in [1.82, 2.24) is 0 Å². The van der Waals surface area contributed by atoms with E-state index in [4.69, 9.17) is 0 Å². The number of unbranched alkanes of at least 4 members (excludes halogenated alkanes) is 9. The molecule has 0 aromatic rings. The van der Waals surface area contributed by atoms with Gasteiger partial charge in [-0.1, -0.05) is 97.1 Å². The van der Waals surface area contributed by atoms with Crippen LogP contribution in [0.15, 0.2) is 12.2 Å². The van der Waals surface area contributed by atoms with Gasteiger partial charge in [0, 0.05) is 0 Å². The van der Waals surface area contributed by atoms with Gasteiger partial charge < -0.3 is 0 Å². The van der Waals surface area contributed by atoms with Crippen LogP contribution in [0.4, 0.5) is 0 Å². The molecular formula is C20H38. The molecule has 0 spiro atoms. The van der Waals surface area contributed by atoms with Crippen LogP contribution in [0.25, 0.3) is 0 Å². The molecule has 0 heterocycles. The molecule has 0 nitrogen and oxygen atoms in total. The van der Waals surface area contributed by atoms with Crippen LogP contribution in [0.3, 0.4) is 0 Å². The molecule has 0 heteroatoms. The lowest BCUT2D eigenvalue weighted by molar-refractivity contribution is 0.446. The average molecular weight is 279 g/mol. The molecule has 0 N–H and O–H groups in total. The summed E-state index contributed by atoms with van der Waals surface area (Å²) in [5, 5.41) is 0. The van der Waals surface area contributed by atoms with Crippen molar-refractivity contribution in [2.75, 3.05) is 0 Å². The first-order chi connectivity index (χ1) is 9.81. The quantitative estimate of drug-likeness (QED) is 0.217. The molecule has 0 aliphatic carbocycles. The van der Waals surface area contributed by atoms with Crippen molar-refractivity contribution in [3.63, 3.8) is 0 Å². The lowest BCUT2D eigenvalue weighted by Gasteiger charge is -2.09. The van der Waals surface area contributed by atoms with Gasteiger partial charge in [0.1, 0.15) is 0 Å². The highest BCUT2D eigenvalue weighted by molar-refractivity contribution is 4.81. The number of allylic oxidation sites excluding steroid dienone is 2. The van der Waals surface area contributed by atoms with Gasteiger partial charge in [-0.2, -0.15) is 0 Å². The molecule has 0 aliphatic heterocycles. The van der Waals surface area contributed by atoms with Crippen LogP contribution < -0.4 is 0 Å². The number of rotatable bonds is 15. The Morgan fingerprint density at radius 2 is 1.10 bits per heavy atom. The number of hydrogen-bond donors (Lipinski definition) is 0. The third-order valence-electron chi connectivity index (χ3n) is 4.05. The largest absolute Gasteiger partial charge is 0.0885 e. The second-order valence-corrected chi connectivity index (χ2v) is 6.27. The molecule has 0 rings (SSSR count). The Balaban J connectivity index is 3.18. The highest BCUT2D eigenvalue weighted by Crippen LogP contribution is 2.16. The minimum absolute atomic E-state index is 0.915. The van der Waals surface area contributed by atoms with E-state index in [1.54, 1.807) is 0 Å². The molecule has 0 aliphatic rings. The summed E-state index contributed by atoms with van der Waals surface area (Å²) in [6, 6.07) is 0. The molecule has 0 fully saturated rings. The zero-order chi connectivity index (χ0) is 14.9. The molecular weight excluding hydrogens is 240 g/mol. The molecule has 0 aromatic heterocycles. The zero-order valence-electron chi connectivity index (χ0n) is 14.0. The van der Waals surface area contributed by atoms with Gasteiger partial charge >= 0.3 is 0 Å². The van der Waals surface area contributed by atoms with E-state index >= 15 is 0 Å².